The smallest absolute Gasteiger partial charge is 0.0351 e. The Morgan fingerprint density at radius 3 is 2.39 bits per heavy atom. The maximum atomic E-state index is 3.95. The van der Waals surface area contributed by atoms with Gasteiger partial charge in [0.05, 0.1) is 0 Å². The quantitative estimate of drug-likeness (QED) is 0.752. The zero-order valence-corrected chi connectivity index (χ0v) is 11.4. The summed E-state index contributed by atoms with van der Waals surface area (Å²) >= 11 is 0. The van der Waals surface area contributed by atoms with Crippen molar-refractivity contribution in [2.24, 2.45) is 11.8 Å². The minimum Gasteiger partial charge on any atom is -0.307 e. The van der Waals surface area contributed by atoms with Crippen LogP contribution in [0, 0.1) is 11.8 Å². The van der Waals surface area contributed by atoms with E-state index < -0.39 is 0 Å². The van der Waals surface area contributed by atoms with Crippen molar-refractivity contribution in [1.82, 2.24) is 5.32 Å². The molecule has 1 aromatic carbocycles. The van der Waals surface area contributed by atoms with Gasteiger partial charge in [-0.2, -0.15) is 0 Å². The third kappa shape index (κ3) is 3.14. The van der Waals surface area contributed by atoms with Gasteiger partial charge in [0, 0.05) is 12.1 Å². The van der Waals surface area contributed by atoms with Crippen molar-refractivity contribution < 1.29 is 0 Å². The lowest BCUT2D eigenvalue weighted by atomic mass is 9.99. The minimum absolute atomic E-state index is 0.606. The fourth-order valence-electron chi connectivity index (χ4n) is 2.96. The van der Waals surface area contributed by atoms with E-state index in [9.17, 15) is 0 Å². The fourth-order valence-corrected chi connectivity index (χ4v) is 2.96. The maximum Gasteiger partial charge on any atom is 0.0351 e. The first-order valence-electron chi connectivity index (χ1n) is 7.67. The van der Waals surface area contributed by atoms with Gasteiger partial charge < -0.3 is 5.32 Å². The van der Waals surface area contributed by atoms with E-state index in [1.165, 1.54) is 44.1 Å². The monoisotopic (exact) mass is 243 g/mol. The van der Waals surface area contributed by atoms with Crippen molar-refractivity contribution in [1.29, 1.82) is 0 Å². The van der Waals surface area contributed by atoms with E-state index in [-0.39, 0.29) is 0 Å². The topological polar surface area (TPSA) is 12.0 Å². The van der Waals surface area contributed by atoms with Crippen molar-refractivity contribution in [3.63, 3.8) is 0 Å². The number of rotatable bonds is 7. The van der Waals surface area contributed by atoms with Crippen LogP contribution in [0.15, 0.2) is 30.3 Å². The van der Waals surface area contributed by atoms with Gasteiger partial charge in [-0.15, -0.1) is 0 Å². The van der Waals surface area contributed by atoms with Gasteiger partial charge in [0.15, 0.2) is 0 Å². The zero-order valence-electron chi connectivity index (χ0n) is 11.4. The van der Waals surface area contributed by atoms with Gasteiger partial charge in [0.2, 0.25) is 0 Å². The molecule has 98 valence electrons. The normalized spacial score (nSPS) is 22.7. The van der Waals surface area contributed by atoms with E-state index >= 15 is 0 Å². The molecule has 0 spiro atoms. The van der Waals surface area contributed by atoms with Crippen LogP contribution in [0.3, 0.4) is 0 Å². The van der Waals surface area contributed by atoms with Crippen LogP contribution >= 0.6 is 0 Å². The Hall–Kier alpha value is -0.820. The minimum atomic E-state index is 0.606. The van der Waals surface area contributed by atoms with Crippen LogP contribution in [0.4, 0.5) is 0 Å². The van der Waals surface area contributed by atoms with Crippen LogP contribution < -0.4 is 5.32 Å². The Labute approximate surface area is 111 Å². The van der Waals surface area contributed by atoms with Crippen molar-refractivity contribution in [2.75, 3.05) is 0 Å². The molecular formula is C17H25N. The molecule has 2 aliphatic rings. The first-order valence-corrected chi connectivity index (χ1v) is 7.67. The molecule has 0 amide bonds. The average Bonchev–Trinajstić information content (AvgIpc) is 3.28. The lowest BCUT2D eigenvalue weighted by Gasteiger charge is -2.25. The summed E-state index contributed by atoms with van der Waals surface area (Å²) in [6.07, 6.45) is 8.42. The second-order valence-corrected chi connectivity index (χ2v) is 6.18. The Bertz CT molecular complexity index is 364. The van der Waals surface area contributed by atoms with Gasteiger partial charge in [-0.3, -0.25) is 0 Å². The summed E-state index contributed by atoms with van der Waals surface area (Å²) < 4.78 is 0. The molecule has 2 atom stereocenters. The van der Waals surface area contributed by atoms with Crippen LogP contribution in [-0.4, -0.2) is 6.04 Å². The highest BCUT2D eigenvalue weighted by Crippen LogP contribution is 2.42. The maximum absolute atomic E-state index is 3.95. The first kappa shape index (κ1) is 12.2. The fraction of sp³-hybridized carbons (Fsp3) is 0.647. The summed E-state index contributed by atoms with van der Waals surface area (Å²) in [5, 5.41) is 3.95. The van der Waals surface area contributed by atoms with Gasteiger partial charge >= 0.3 is 0 Å². The number of nitrogens with one attached hydrogen (secondary N) is 1. The molecule has 1 heteroatoms. The van der Waals surface area contributed by atoms with Crippen molar-refractivity contribution in [2.45, 2.75) is 57.5 Å². The van der Waals surface area contributed by atoms with Crippen LogP contribution in [0.1, 0.15) is 57.1 Å². The third-order valence-electron chi connectivity index (χ3n) is 4.47. The van der Waals surface area contributed by atoms with Crippen molar-refractivity contribution >= 4 is 0 Å². The van der Waals surface area contributed by atoms with E-state index in [1.54, 1.807) is 0 Å². The molecule has 0 radical (unpaired) electrons. The molecule has 0 aromatic heterocycles. The molecule has 2 aliphatic carbocycles. The second-order valence-electron chi connectivity index (χ2n) is 6.18. The largest absolute Gasteiger partial charge is 0.307 e. The standard InChI is InChI=1S/C17H25N/c1-2-16(12-13-8-9-13)18-17(15-10-11-15)14-6-4-3-5-7-14/h3-7,13,15-18H,2,8-12H2,1H3. The number of hydrogen-bond donors (Lipinski definition) is 1. The van der Waals surface area contributed by atoms with Crippen molar-refractivity contribution in [3.05, 3.63) is 35.9 Å². The Morgan fingerprint density at radius 2 is 1.83 bits per heavy atom. The highest BCUT2D eigenvalue weighted by molar-refractivity contribution is 5.21. The Morgan fingerprint density at radius 1 is 1.11 bits per heavy atom. The van der Waals surface area contributed by atoms with Crippen LogP contribution in [0.25, 0.3) is 0 Å². The molecule has 2 fully saturated rings. The molecule has 1 N–H and O–H groups in total. The van der Waals surface area contributed by atoms with Crippen LogP contribution in [0.5, 0.6) is 0 Å². The molecule has 0 saturated heterocycles. The highest BCUT2D eigenvalue weighted by Gasteiger charge is 2.34. The number of hydrogen-bond acceptors (Lipinski definition) is 1. The summed E-state index contributed by atoms with van der Waals surface area (Å²) in [6.45, 7) is 2.33. The lowest BCUT2D eigenvalue weighted by molar-refractivity contribution is 0.366. The molecule has 1 nitrogen and oxygen atoms in total. The predicted molar refractivity (Wildman–Crippen MR) is 76.5 cm³/mol. The first-order chi connectivity index (χ1) is 8.86. The van der Waals surface area contributed by atoms with Gasteiger partial charge in [-0.05, 0) is 43.1 Å². The highest BCUT2D eigenvalue weighted by atomic mass is 15.0. The van der Waals surface area contributed by atoms with E-state index in [1.807, 2.05) is 0 Å². The van der Waals surface area contributed by atoms with E-state index in [4.69, 9.17) is 0 Å². The van der Waals surface area contributed by atoms with Gasteiger partial charge in [-0.1, -0.05) is 50.1 Å². The molecule has 18 heavy (non-hydrogen) atoms. The molecule has 0 heterocycles. The van der Waals surface area contributed by atoms with Gasteiger partial charge in [-0.25, -0.2) is 0 Å². The second kappa shape index (κ2) is 5.44. The van der Waals surface area contributed by atoms with Gasteiger partial charge in [0.25, 0.3) is 0 Å². The summed E-state index contributed by atoms with van der Waals surface area (Å²) in [7, 11) is 0. The Kier molecular flexibility index (Phi) is 3.69. The summed E-state index contributed by atoms with van der Waals surface area (Å²) in [4.78, 5) is 0. The molecule has 0 aliphatic heterocycles. The summed E-state index contributed by atoms with van der Waals surface area (Å²) in [5.74, 6) is 1.92. The molecule has 0 bridgehead atoms. The molecule has 1 aromatic rings. The summed E-state index contributed by atoms with van der Waals surface area (Å²) in [5.41, 5.74) is 1.49. The molecule has 2 unspecified atom stereocenters. The van der Waals surface area contributed by atoms with E-state index in [0.29, 0.717) is 6.04 Å². The van der Waals surface area contributed by atoms with Crippen LogP contribution in [0.2, 0.25) is 0 Å². The summed E-state index contributed by atoms with van der Waals surface area (Å²) in [6, 6.07) is 12.4. The lowest BCUT2D eigenvalue weighted by Crippen LogP contribution is -2.34. The molecule has 3 rings (SSSR count). The van der Waals surface area contributed by atoms with Crippen molar-refractivity contribution in [3.8, 4) is 0 Å². The third-order valence-corrected chi connectivity index (χ3v) is 4.47. The average molecular weight is 243 g/mol. The SMILES string of the molecule is CCC(CC1CC1)NC(c1ccccc1)C1CC1. The number of benzene rings is 1. The zero-order chi connectivity index (χ0) is 12.4. The predicted octanol–water partition coefficient (Wildman–Crippen LogP) is 4.31. The van der Waals surface area contributed by atoms with E-state index in [2.05, 4.69) is 42.6 Å². The van der Waals surface area contributed by atoms with E-state index in [0.717, 1.165) is 17.9 Å². The molecule has 2 saturated carbocycles. The molecular weight excluding hydrogens is 218 g/mol. The Balaban J connectivity index is 1.65. The van der Waals surface area contributed by atoms with Crippen LogP contribution in [-0.2, 0) is 0 Å². The van der Waals surface area contributed by atoms with Gasteiger partial charge in [0.1, 0.15) is 0 Å².